The first kappa shape index (κ1) is 18.7. The SMILES string of the molecule is CN=C1S/C(=C/c2ccc(O)c(OC)c2)C(=O)N1/N=C\c1ccc(C)cc1. The van der Waals surface area contributed by atoms with Crippen molar-refractivity contribution in [1.29, 1.82) is 0 Å². The Morgan fingerprint density at radius 2 is 1.85 bits per heavy atom. The number of ether oxygens (including phenoxy) is 1. The van der Waals surface area contributed by atoms with Crippen LogP contribution >= 0.6 is 11.8 Å². The molecule has 6 nitrogen and oxygen atoms in total. The maximum atomic E-state index is 12.7. The number of methoxy groups -OCH3 is 1. The number of nitrogens with zero attached hydrogens (tertiary/aromatic N) is 3. The third-order valence-electron chi connectivity index (χ3n) is 3.88. The first-order valence-electron chi connectivity index (χ1n) is 8.20. The van der Waals surface area contributed by atoms with Crippen LogP contribution in [-0.2, 0) is 4.79 Å². The van der Waals surface area contributed by atoms with Crippen LogP contribution in [0, 0.1) is 6.92 Å². The molecule has 1 fully saturated rings. The summed E-state index contributed by atoms with van der Waals surface area (Å²) in [6.07, 6.45) is 3.36. The van der Waals surface area contributed by atoms with Gasteiger partial charge in [-0.05, 0) is 48.0 Å². The van der Waals surface area contributed by atoms with Gasteiger partial charge in [-0.3, -0.25) is 9.79 Å². The fourth-order valence-electron chi connectivity index (χ4n) is 2.42. The number of aryl methyl sites for hydroxylation is 1. The van der Waals surface area contributed by atoms with Gasteiger partial charge < -0.3 is 9.84 Å². The summed E-state index contributed by atoms with van der Waals surface area (Å²) in [4.78, 5) is 17.4. The number of benzene rings is 2. The van der Waals surface area contributed by atoms with Gasteiger partial charge in [-0.1, -0.05) is 35.9 Å². The molecule has 1 aliphatic heterocycles. The van der Waals surface area contributed by atoms with Crippen molar-refractivity contribution in [2.24, 2.45) is 10.1 Å². The highest BCUT2D eigenvalue weighted by Gasteiger charge is 2.33. The fourth-order valence-corrected chi connectivity index (χ4v) is 3.30. The Kier molecular flexibility index (Phi) is 5.61. The Morgan fingerprint density at radius 1 is 1.15 bits per heavy atom. The van der Waals surface area contributed by atoms with Crippen LogP contribution in [0.2, 0.25) is 0 Å². The predicted molar refractivity (Wildman–Crippen MR) is 109 cm³/mol. The molecule has 0 spiro atoms. The van der Waals surface area contributed by atoms with E-state index in [9.17, 15) is 9.90 Å². The summed E-state index contributed by atoms with van der Waals surface area (Å²) in [6, 6.07) is 12.7. The van der Waals surface area contributed by atoms with Gasteiger partial charge in [-0.2, -0.15) is 10.1 Å². The molecule has 0 saturated carbocycles. The Morgan fingerprint density at radius 3 is 2.52 bits per heavy atom. The lowest BCUT2D eigenvalue weighted by molar-refractivity contribution is -0.122. The topological polar surface area (TPSA) is 74.5 Å². The lowest BCUT2D eigenvalue weighted by Crippen LogP contribution is -2.23. The van der Waals surface area contributed by atoms with Crippen LogP contribution in [0.25, 0.3) is 6.08 Å². The molecule has 2 aromatic rings. The largest absolute Gasteiger partial charge is 0.504 e. The Hall–Kier alpha value is -3.06. The van der Waals surface area contributed by atoms with E-state index in [1.807, 2.05) is 31.2 Å². The Labute approximate surface area is 161 Å². The first-order valence-corrected chi connectivity index (χ1v) is 9.02. The molecule has 0 atom stereocenters. The maximum Gasteiger partial charge on any atom is 0.287 e. The zero-order chi connectivity index (χ0) is 19.4. The van der Waals surface area contributed by atoms with Crippen LogP contribution in [0.15, 0.2) is 57.5 Å². The van der Waals surface area contributed by atoms with Crippen molar-refractivity contribution in [3.05, 3.63) is 64.1 Å². The highest BCUT2D eigenvalue weighted by molar-refractivity contribution is 8.18. The zero-order valence-electron chi connectivity index (χ0n) is 15.2. The van der Waals surface area contributed by atoms with Gasteiger partial charge in [-0.25, -0.2) is 0 Å². The first-order chi connectivity index (χ1) is 13.0. The second kappa shape index (κ2) is 8.09. The number of hydrogen-bond donors (Lipinski definition) is 1. The average Bonchev–Trinajstić information content (AvgIpc) is 2.97. The van der Waals surface area contributed by atoms with E-state index in [0.29, 0.717) is 15.8 Å². The number of aromatic hydroxyl groups is 1. The molecule has 27 heavy (non-hydrogen) atoms. The van der Waals surface area contributed by atoms with E-state index in [-0.39, 0.29) is 11.7 Å². The molecule has 1 amide bonds. The predicted octanol–water partition coefficient (Wildman–Crippen LogP) is 3.65. The molecule has 0 unspecified atom stereocenters. The van der Waals surface area contributed by atoms with Crippen molar-refractivity contribution in [2.75, 3.05) is 14.2 Å². The molecular weight excluding hydrogens is 362 g/mol. The van der Waals surface area contributed by atoms with E-state index >= 15 is 0 Å². The lowest BCUT2D eigenvalue weighted by atomic mass is 10.2. The molecule has 3 rings (SSSR count). The number of hydrogen-bond acceptors (Lipinski definition) is 6. The molecule has 1 N–H and O–H groups in total. The van der Waals surface area contributed by atoms with Crippen LogP contribution in [0.4, 0.5) is 0 Å². The molecule has 0 bridgehead atoms. The number of carbonyl (C=O) groups is 1. The minimum Gasteiger partial charge on any atom is -0.504 e. The van der Waals surface area contributed by atoms with Gasteiger partial charge in [0.1, 0.15) is 0 Å². The normalized spacial score (nSPS) is 17.4. The molecule has 1 aliphatic rings. The summed E-state index contributed by atoms with van der Waals surface area (Å²) >= 11 is 1.25. The van der Waals surface area contributed by atoms with E-state index in [2.05, 4.69) is 10.1 Å². The van der Waals surface area contributed by atoms with Crippen molar-refractivity contribution in [1.82, 2.24) is 5.01 Å². The summed E-state index contributed by atoms with van der Waals surface area (Å²) in [5.74, 6) is 0.139. The molecule has 0 aliphatic carbocycles. The number of carbonyl (C=O) groups excluding carboxylic acids is 1. The van der Waals surface area contributed by atoms with E-state index < -0.39 is 0 Å². The summed E-state index contributed by atoms with van der Waals surface area (Å²) in [6.45, 7) is 2.01. The highest BCUT2D eigenvalue weighted by Crippen LogP contribution is 2.34. The average molecular weight is 381 g/mol. The molecule has 138 valence electrons. The van der Waals surface area contributed by atoms with Gasteiger partial charge in [0.2, 0.25) is 0 Å². The third-order valence-corrected chi connectivity index (χ3v) is 4.93. The molecule has 7 heteroatoms. The lowest BCUT2D eigenvalue weighted by Gasteiger charge is -2.07. The number of phenolic OH excluding ortho intramolecular Hbond substituents is 1. The zero-order valence-corrected chi connectivity index (χ0v) is 16.0. The van der Waals surface area contributed by atoms with Gasteiger partial charge in [0, 0.05) is 7.05 Å². The number of amidine groups is 1. The van der Waals surface area contributed by atoms with Crippen LogP contribution < -0.4 is 4.74 Å². The Balaban J connectivity index is 1.86. The van der Waals surface area contributed by atoms with Crippen molar-refractivity contribution < 1.29 is 14.6 Å². The Bertz CT molecular complexity index is 949. The van der Waals surface area contributed by atoms with Crippen molar-refractivity contribution >= 4 is 35.1 Å². The van der Waals surface area contributed by atoms with Crippen LogP contribution in [0.1, 0.15) is 16.7 Å². The molecular formula is C20H19N3O3S. The third kappa shape index (κ3) is 4.20. The number of aliphatic imine (C=N–C) groups is 1. The summed E-state index contributed by atoms with van der Waals surface area (Å²) in [7, 11) is 3.10. The van der Waals surface area contributed by atoms with Crippen molar-refractivity contribution in [3.8, 4) is 11.5 Å². The molecule has 2 aromatic carbocycles. The molecule has 0 radical (unpaired) electrons. The maximum absolute atomic E-state index is 12.7. The second-order valence-electron chi connectivity index (χ2n) is 5.82. The summed E-state index contributed by atoms with van der Waals surface area (Å²) in [5, 5.41) is 15.8. The van der Waals surface area contributed by atoms with Gasteiger partial charge in [0.25, 0.3) is 5.91 Å². The number of phenols is 1. The molecule has 1 saturated heterocycles. The second-order valence-corrected chi connectivity index (χ2v) is 6.83. The van der Waals surface area contributed by atoms with Gasteiger partial charge in [0.05, 0.1) is 18.2 Å². The van der Waals surface area contributed by atoms with Gasteiger partial charge in [0.15, 0.2) is 16.7 Å². The van der Waals surface area contributed by atoms with Crippen LogP contribution in [-0.4, -0.2) is 41.6 Å². The summed E-state index contributed by atoms with van der Waals surface area (Å²) in [5.41, 5.74) is 2.79. The summed E-state index contributed by atoms with van der Waals surface area (Å²) < 4.78 is 5.11. The van der Waals surface area contributed by atoms with E-state index in [4.69, 9.17) is 4.74 Å². The number of hydrazone groups is 1. The quantitative estimate of drug-likeness (QED) is 0.648. The van der Waals surface area contributed by atoms with Crippen LogP contribution in [0.5, 0.6) is 11.5 Å². The van der Waals surface area contributed by atoms with E-state index in [1.54, 1.807) is 31.5 Å². The van der Waals surface area contributed by atoms with E-state index in [0.717, 1.165) is 16.7 Å². The van der Waals surface area contributed by atoms with E-state index in [1.165, 1.54) is 29.9 Å². The van der Waals surface area contributed by atoms with Crippen molar-refractivity contribution in [3.63, 3.8) is 0 Å². The standard InChI is InChI=1S/C20H19N3O3S/c1-13-4-6-14(7-5-13)12-22-23-19(25)18(27-20(23)21-2)11-15-8-9-16(24)17(10-15)26-3/h4-12,24H,1-3H3/b18-11+,21-20?,22-12-. The molecule has 0 aromatic heterocycles. The number of amides is 1. The molecule has 1 heterocycles. The van der Waals surface area contributed by atoms with Gasteiger partial charge >= 0.3 is 0 Å². The highest BCUT2D eigenvalue weighted by atomic mass is 32.2. The number of rotatable bonds is 4. The smallest absolute Gasteiger partial charge is 0.287 e. The van der Waals surface area contributed by atoms with Crippen molar-refractivity contribution in [2.45, 2.75) is 6.92 Å². The van der Waals surface area contributed by atoms with Gasteiger partial charge in [-0.15, -0.1) is 0 Å². The minimum atomic E-state index is -0.254. The monoisotopic (exact) mass is 381 g/mol. The van der Waals surface area contributed by atoms with Crippen LogP contribution in [0.3, 0.4) is 0 Å². The fraction of sp³-hybridized carbons (Fsp3) is 0.150. The minimum absolute atomic E-state index is 0.0465. The number of thioether (sulfide) groups is 1.